The van der Waals surface area contributed by atoms with Gasteiger partial charge in [0.05, 0.1) is 11.1 Å². The number of aromatic nitrogens is 1. The SMILES string of the molecule is O=C(NCC1=CCNCC1)c1cc(C2CC2)nc2ccc(Cl)cc12. The molecule has 1 aliphatic carbocycles. The van der Waals surface area contributed by atoms with Crippen LogP contribution in [0.1, 0.15) is 41.2 Å². The molecule has 0 saturated heterocycles. The van der Waals surface area contributed by atoms with Crippen LogP contribution in [0.5, 0.6) is 0 Å². The Morgan fingerprint density at radius 1 is 1.33 bits per heavy atom. The number of amides is 1. The van der Waals surface area contributed by atoms with E-state index in [1.807, 2.05) is 24.3 Å². The predicted molar refractivity (Wildman–Crippen MR) is 96.6 cm³/mol. The first kappa shape index (κ1) is 15.6. The van der Waals surface area contributed by atoms with E-state index >= 15 is 0 Å². The van der Waals surface area contributed by atoms with Crippen molar-refractivity contribution in [2.45, 2.75) is 25.2 Å². The summed E-state index contributed by atoms with van der Waals surface area (Å²) in [4.78, 5) is 17.5. The fourth-order valence-corrected chi connectivity index (χ4v) is 3.29. The fraction of sp³-hybridized carbons (Fsp3) is 0.368. The number of hydrogen-bond acceptors (Lipinski definition) is 3. The molecule has 1 amide bonds. The average Bonchev–Trinajstić information content (AvgIpc) is 3.45. The van der Waals surface area contributed by atoms with Crippen LogP contribution in [0.15, 0.2) is 35.9 Å². The molecule has 1 aliphatic heterocycles. The van der Waals surface area contributed by atoms with E-state index in [0.29, 0.717) is 23.0 Å². The maximum Gasteiger partial charge on any atom is 0.252 e. The van der Waals surface area contributed by atoms with Gasteiger partial charge < -0.3 is 10.6 Å². The first-order valence-corrected chi connectivity index (χ1v) is 8.85. The summed E-state index contributed by atoms with van der Waals surface area (Å²) in [6.07, 6.45) is 5.46. The number of pyridine rings is 1. The molecule has 2 aliphatic rings. The summed E-state index contributed by atoms with van der Waals surface area (Å²) in [7, 11) is 0. The third kappa shape index (κ3) is 3.30. The number of nitrogens with one attached hydrogen (secondary N) is 2. The molecular formula is C19H20ClN3O. The molecule has 2 heterocycles. The zero-order valence-electron chi connectivity index (χ0n) is 13.4. The molecule has 5 heteroatoms. The van der Waals surface area contributed by atoms with Gasteiger partial charge in [-0.3, -0.25) is 9.78 Å². The standard InChI is InChI=1S/C19H20ClN3O/c20-14-3-4-17-15(9-14)16(10-18(23-17)13-1-2-13)19(24)22-11-12-5-7-21-8-6-12/h3-5,9-10,13,21H,1-2,6-8,11H2,(H,22,24). The Balaban J connectivity index is 1.64. The Kier molecular flexibility index (Phi) is 4.25. The van der Waals surface area contributed by atoms with Gasteiger partial charge in [-0.05, 0) is 50.1 Å². The van der Waals surface area contributed by atoms with Crippen LogP contribution in [0.2, 0.25) is 5.02 Å². The quantitative estimate of drug-likeness (QED) is 0.838. The number of nitrogens with zero attached hydrogens (tertiary/aromatic N) is 1. The maximum atomic E-state index is 12.8. The Hall–Kier alpha value is -1.91. The van der Waals surface area contributed by atoms with Gasteiger partial charge in [0.15, 0.2) is 0 Å². The smallest absolute Gasteiger partial charge is 0.252 e. The monoisotopic (exact) mass is 341 g/mol. The second-order valence-corrected chi connectivity index (χ2v) is 6.97. The van der Waals surface area contributed by atoms with E-state index in [0.717, 1.165) is 48.9 Å². The van der Waals surface area contributed by atoms with Gasteiger partial charge in [0.25, 0.3) is 5.91 Å². The average molecular weight is 342 g/mol. The molecule has 2 N–H and O–H groups in total. The van der Waals surface area contributed by atoms with E-state index in [9.17, 15) is 4.79 Å². The van der Waals surface area contributed by atoms with Gasteiger partial charge in [0, 0.05) is 35.1 Å². The van der Waals surface area contributed by atoms with Crippen molar-refractivity contribution < 1.29 is 4.79 Å². The summed E-state index contributed by atoms with van der Waals surface area (Å²) in [5.74, 6) is 0.453. The molecule has 1 aromatic carbocycles. The largest absolute Gasteiger partial charge is 0.348 e. The summed E-state index contributed by atoms with van der Waals surface area (Å²) in [6, 6.07) is 7.51. The van der Waals surface area contributed by atoms with E-state index in [1.54, 1.807) is 0 Å². The van der Waals surface area contributed by atoms with Crippen LogP contribution in [0.3, 0.4) is 0 Å². The molecule has 4 nitrogen and oxygen atoms in total. The lowest BCUT2D eigenvalue weighted by atomic mass is 10.0. The number of fused-ring (bicyclic) bond motifs is 1. The number of hydrogen-bond donors (Lipinski definition) is 2. The van der Waals surface area contributed by atoms with E-state index in [2.05, 4.69) is 16.7 Å². The van der Waals surface area contributed by atoms with Crippen LogP contribution in [0.4, 0.5) is 0 Å². The van der Waals surface area contributed by atoms with E-state index in [-0.39, 0.29) is 5.91 Å². The molecular weight excluding hydrogens is 322 g/mol. The van der Waals surface area contributed by atoms with Crippen LogP contribution in [0.25, 0.3) is 10.9 Å². The minimum atomic E-state index is -0.0500. The normalized spacial score (nSPS) is 17.6. The highest BCUT2D eigenvalue weighted by Crippen LogP contribution is 2.40. The van der Waals surface area contributed by atoms with E-state index in [1.165, 1.54) is 5.57 Å². The minimum absolute atomic E-state index is 0.0500. The molecule has 124 valence electrons. The molecule has 0 atom stereocenters. The van der Waals surface area contributed by atoms with Crippen molar-refractivity contribution in [3.63, 3.8) is 0 Å². The summed E-state index contributed by atoms with van der Waals surface area (Å²) in [5, 5.41) is 7.79. The summed E-state index contributed by atoms with van der Waals surface area (Å²) in [5.41, 5.74) is 3.82. The van der Waals surface area contributed by atoms with Crippen molar-refractivity contribution in [2.75, 3.05) is 19.6 Å². The van der Waals surface area contributed by atoms with E-state index in [4.69, 9.17) is 16.6 Å². The highest BCUT2D eigenvalue weighted by Gasteiger charge is 2.27. The van der Waals surface area contributed by atoms with Crippen molar-refractivity contribution in [1.29, 1.82) is 0 Å². The highest BCUT2D eigenvalue weighted by molar-refractivity contribution is 6.31. The molecule has 24 heavy (non-hydrogen) atoms. The highest BCUT2D eigenvalue weighted by atomic mass is 35.5. The Morgan fingerprint density at radius 2 is 2.21 bits per heavy atom. The second-order valence-electron chi connectivity index (χ2n) is 6.53. The maximum absolute atomic E-state index is 12.8. The second kappa shape index (κ2) is 6.54. The summed E-state index contributed by atoms with van der Waals surface area (Å²) in [6.45, 7) is 2.45. The first-order valence-electron chi connectivity index (χ1n) is 8.48. The third-order valence-electron chi connectivity index (χ3n) is 4.66. The van der Waals surface area contributed by atoms with Crippen LogP contribution >= 0.6 is 11.6 Å². The molecule has 0 bridgehead atoms. The van der Waals surface area contributed by atoms with Gasteiger partial charge in [-0.2, -0.15) is 0 Å². The number of rotatable bonds is 4. The van der Waals surface area contributed by atoms with Crippen LogP contribution in [-0.4, -0.2) is 30.5 Å². The van der Waals surface area contributed by atoms with Crippen LogP contribution in [-0.2, 0) is 0 Å². The molecule has 0 radical (unpaired) electrons. The number of carbonyl (C=O) groups excluding carboxylic acids is 1. The van der Waals surface area contributed by atoms with Gasteiger partial charge in [-0.15, -0.1) is 0 Å². The first-order chi connectivity index (χ1) is 11.7. The Morgan fingerprint density at radius 3 is 2.96 bits per heavy atom. The third-order valence-corrected chi connectivity index (χ3v) is 4.90. The Bertz CT molecular complexity index is 827. The number of carbonyl (C=O) groups is 1. The lowest BCUT2D eigenvalue weighted by Crippen LogP contribution is -2.29. The zero-order chi connectivity index (χ0) is 16.5. The number of halogens is 1. The lowest BCUT2D eigenvalue weighted by molar-refractivity contribution is 0.0958. The predicted octanol–water partition coefficient (Wildman–Crippen LogP) is 3.42. The van der Waals surface area contributed by atoms with Crippen molar-refractivity contribution in [2.24, 2.45) is 0 Å². The van der Waals surface area contributed by atoms with Crippen LogP contribution in [0, 0.1) is 0 Å². The van der Waals surface area contributed by atoms with Gasteiger partial charge in [0.1, 0.15) is 0 Å². The Labute approximate surface area is 146 Å². The minimum Gasteiger partial charge on any atom is -0.348 e. The lowest BCUT2D eigenvalue weighted by Gasteiger charge is -2.15. The summed E-state index contributed by atoms with van der Waals surface area (Å²) < 4.78 is 0. The zero-order valence-corrected chi connectivity index (χ0v) is 14.2. The molecule has 1 saturated carbocycles. The topological polar surface area (TPSA) is 54.0 Å². The number of benzene rings is 1. The van der Waals surface area contributed by atoms with Gasteiger partial charge in [0.2, 0.25) is 0 Å². The molecule has 2 aromatic rings. The molecule has 0 spiro atoms. The molecule has 1 aromatic heterocycles. The van der Waals surface area contributed by atoms with E-state index < -0.39 is 0 Å². The van der Waals surface area contributed by atoms with Gasteiger partial charge >= 0.3 is 0 Å². The van der Waals surface area contributed by atoms with Gasteiger partial charge in [-0.1, -0.05) is 23.3 Å². The van der Waals surface area contributed by atoms with Crippen molar-refractivity contribution >= 4 is 28.4 Å². The van der Waals surface area contributed by atoms with Gasteiger partial charge in [-0.25, -0.2) is 0 Å². The van der Waals surface area contributed by atoms with Crippen molar-refractivity contribution in [3.8, 4) is 0 Å². The molecule has 0 unspecified atom stereocenters. The summed E-state index contributed by atoms with van der Waals surface area (Å²) >= 11 is 6.13. The van der Waals surface area contributed by atoms with Crippen LogP contribution < -0.4 is 10.6 Å². The van der Waals surface area contributed by atoms with Crippen molar-refractivity contribution in [3.05, 3.63) is 52.2 Å². The van der Waals surface area contributed by atoms with Crippen molar-refractivity contribution in [1.82, 2.24) is 15.6 Å². The molecule has 4 rings (SSSR count). The fourth-order valence-electron chi connectivity index (χ4n) is 3.11. The molecule has 1 fully saturated rings.